The van der Waals surface area contributed by atoms with Crippen molar-refractivity contribution in [2.75, 3.05) is 0 Å². The van der Waals surface area contributed by atoms with E-state index in [1.54, 1.807) is 12.8 Å². The third-order valence-electron chi connectivity index (χ3n) is 20.8. The van der Waals surface area contributed by atoms with Crippen molar-refractivity contribution in [2.45, 2.75) is 66.6 Å². The zero-order valence-electron chi connectivity index (χ0n) is 19.5. The third-order valence-corrected chi connectivity index (χ3v) is 20.8. The molecular weight excluding hydrogens is 347 g/mol. The molecule has 19 atom stereocenters. The van der Waals surface area contributed by atoms with E-state index in [0.29, 0.717) is 27.0 Å². The molecule has 29 heavy (non-hydrogen) atoms. The number of hydrogen-bond acceptors (Lipinski definition) is 0. The zero-order valence-corrected chi connectivity index (χ0v) is 19.5. The van der Waals surface area contributed by atoms with E-state index in [4.69, 9.17) is 0 Å². The molecule has 150 valence electrons. The Hall–Kier alpha value is 0.0649. The highest BCUT2D eigenvalue weighted by atomic mass is 15.4. The van der Waals surface area contributed by atoms with Crippen molar-refractivity contribution in [3.63, 3.8) is 0 Å². The fraction of sp³-hybridized carbons (Fsp3) is 1.00. The summed E-state index contributed by atoms with van der Waals surface area (Å²) in [7, 11) is 2.85. The van der Waals surface area contributed by atoms with Gasteiger partial charge in [0, 0.05) is 0 Å². The minimum absolute atomic E-state index is 0.666. The summed E-state index contributed by atoms with van der Waals surface area (Å²) in [6, 6.07) is 0. The molecule has 12 fully saturated rings. The Morgan fingerprint density at radius 2 is 1.41 bits per heavy atom. The first-order chi connectivity index (χ1) is 13.5. The van der Waals surface area contributed by atoms with Gasteiger partial charge in [0.15, 0.2) is 0 Å². The van der Waals surface area contributed by atoms with Crippen LogP contribution in [0.1, 0.15) is 61.3 Å². The fourth-order valence-corrected chi connectivity index (χ4v) is 22.6. The van der Waals surface area contributed by atoms with Crippen molar-refractivity contribution in [1.82, 2.24) is 0 Å². The van der Waals surface area contributed by atoms with Gasteiger partial charge in [0.25, 0.3) is 0 Å². The maximum absolute atomic E-state index is 2.93. The maximum atomic E-state index is 2.93. The summed E-state index contributed by atoms with van der Waals surface area (Å²) in [6.45, 7) is 19.8. The smallest absolute Gasteiger partial charge is 0.0623 e. The Balaban J connectivity index is 1.24. The number of fused-ring (bicyclic) bond motifs is 8. The topological polar surface area (TPSA) is 0 Å². The van der Waals surface area contributed by atoms with Crippen molar-refractivity contribution in [3.05, 3.63) is 0 Å². The Bertz CT molecular complexity index is 1210. The maximum Gasteiger partial charge on any atom is 0.111 e. The van der Waals surface area contributed by atoms with Crippen molar-refractivity contribution >= 4 is 7.85 Å². The average molecular weight is 382 g/mol. The van der Waals surface area contributed by atoms with Crippen molar-refractivity contribution in [1.29, 1.82) is 0 Å². The lowest BCUT2D eigenvalue weighted by atomic mass is 8.65. The molecule has 0 nitrogen and oxygen atoms in total. The van der Waals surface area contributed by atoms with Gasteiger partial charge in [-0.25, -0.2) is 0 Å². The van der Waals surface area contributed by atoms with Crippen LogP contribution >= 0.6 is 0 Å². The van der Waals surface area contributed by atoms with Gasteiger partial charge in [0.2, 0.25) is 0 Å². The lowest BCUT2D eigenvalue weighted by Gasteiger charge is -3.37. The highest BCUT2D eigenvalue weighted by Crippen LogP contribution is 3.39. The molecule has 12 rings (SSSR count). The summed E-state index contributed by atoms with van der Waals surface area (Å²) in [5.74, 6) is 9.06. The van der Waals surface area contributed by atoms with Crippen LogP contribution in [0, 0.1) is 101 Å². The van der Waals surface area contributed by atoms with E-state index in [1.807, 2.05) is 0 Å². The number of rotatable bonds is 0. The van der Waals surface area contributed by atoms with Crippen LogP contribution in [0.25, 0.3) is 0 Å². The van der Waals surface area contributed by atoms with Gasteiger partial charge in [0.05, 0.1) is 0 Å². The second kappa shape index (κ2) is 2.43. The minimum Gasteiger partial charge on any atom is -0.0623 e. The first kappa shape index (κ1) is 14.3. The van der Waals surface area contributed by atoms with Crippen molar-refractivity contribution in [2.24, 2.45) is 101 Å². The lowest BCUT2D eigenvalue weighted by Crippen LogP contribution is -3.34. The van der Waals surface area contributed by atoms with Gasteiger partial charge in [-0.15, -0.1) is 0 Å². The molecule has 12 aliphatic rings. The van der Waals surface area contributed by atoms with Crippen LogP contribution in [0.4, 0.5) is 0 Å². The molecular formula is C28H35B. The van der Waals surface area contributed by atoms with Crippen molar-refractivity contribution < 1.29 is 0 Å². The predicted octanol–water partition coefficient (Wildman–Crippen LogP) is 4.65. The number of hydrogen-bond donors (Lipinski definition) is 0. The zero-order chi connectivity index (χ0) is 19.5. The van der Waals surface area contributed by atoms with Gasteiger partial charge >= 0.3 is 0 Å². The first-order valence-corrected chi connectivity index (χ1v) is 13.5. The van der Waals surface area contributed by atoms with Crippen LogP contribution in [0.3, 0.4) is 0 Å². The monoisotopic (exact) mass is 382 g/mol. The molecule has 0 aliphatic heterocycles. The van der Waals surface area contributed by atoms with E-state index in [2.05, 4.69) is 56.3 Å². The highest BCUT2D eigenvalue weighted by Gasteiger charge is 3.36. The molecule has 12 aliphatic carbocycles. The van der Waals surface area contributed by atoms with Crippen molar-refractivity contribution in [3.8, 4) is 0 Å². The quantitative estimate of drug-likeness (QED) is 0.535. The molecule has 0 heterocycles. The molecule has 0 N–H and O–H groups in total. The van der Waals surface area contributed by atoms with Gasteiger partial charge in [-0.2, -0.15) is 0 Å². The lowest BCUT2D eigenvalue weighted by molar-refractivity contribution is -0.904. The standard InChI is InChI=1S/C28H35B/c1-10-12-8-13-15-16-17-18(3)9-14-11(2)28(29)22(7)21(6)20(5)19(10,4)23(12,13)25(15,20)26(16,21)27(17,22)24(14,18)28/h10-17H,8-9,29H2,1-7H3/t10?,11?,12?,13?,14?,15?,16?,17?,18-,19?,20?,21?,22?,23?,24?,25?,26?,27?,28?/m0/s1. The van der Waals surface area contributed by atoms with E-state index in [-0.39, 0.29) is 0 Å². The van der Waals surface area contributed by atoms with Crippen LogP contribution in [0.15, 0.2) is 0 Å². The van der Waals surface area contributed by atoms with Gasteiger partial charge in [-0.1, -0.05) is 48.5 Å². The summed E-state index contributed by atoms with van der Waals surface area (Å²) in [5, 5.41) is 0.670. The van der Waals surface area contributed by atoms with Crippen LogP contribution in [-0.2, 0) is 0 Å². The van der Waals surface area contributed by atoms with E-state index >= 15 is 0 Å². The molecule has 1 heteroatoms. The minimum atomic E-state index is 0.666. The molecule has 0 amide bonds. The fourth-order valence-electron chi connectivity index (χ4n) is 22.6. The average Bonchev–Trinajstić information content (AvgIpc) is 2.65. The Kier molecular flexibility index (Phi) is 1.19. The van der Waals surface area contributed by atoms with Gasteiger partial charge in [-0.05, 0) is 120 Å². The predicted molar refractivity (Wildman–Crippen MR) is 112 cm³/mol. The Morgan fingerprint density at radius 1 is 0.690 bits per heavy atom. The van der Waals surface area contributed by atoms with Crippen LogP contribution < -0.4 is 0 Å². The molecule has 0 aromatic rings. The molecule has 0 bridgehead atoms. The van der Waals surface area contributed by atoms with Crippen LogP contribution in [0.5, 0.6) is 0 Å². The molecule has 12 saturated carbocycles. The summed E-state index contributed by atoms with van der Waals surface area (Å²) in [4.78, 5) is 0. The summed E-state index contributed by atoms with van der Waals surface area (Å²) < 4.78 is 0. The van der Waals surface area contributed by atoms with Crippen LogP contribution in [0.2, 0.25) is 5.31 Å². The Labute approximate surface area is 176 Å². The molecule has 18 unspecified atom stereocenters. The van der Waals surface area contributed by atoms with E-state index in [1.165, 1.54) is 23.7 Å². The second-order valence-corrected chi connectivity index (χ2v) is 16.7. The molecule has 0 saturated heterocycles. The summed E-state index contributed by atoms with van der Waals surface area (Å²) >= 11 is 0. The first-order valence-electron chi connectivity index (χ1n) is 13.5. The molecule has 5 spiro atoms. The third kappa shape index (κ3) is 0.436. The molecule has 0 radical (unpaired) electrons. The SMILES string of the molecule is BC12C(C)C3C[C@@]4(C)C5C6C7C8CC9C(C)C%10(C)C98C78C%10(C)C7(C)C1(C)C5(C678)C324. The largest absolute Gasteiger partial charge is 0.111 e. The Morgan fingerprint density at radius 3 is 2.14 bits per heavy atom. The molecule has 0 aromatic carbocycles. The molecule has 0 aromatic heterocycles. The van der Waals surface area contributed by atoms with Gasteiger partial charge < -0.3 is 0 Å². The van der Waals surface area contributed by atoms with E-state index in [9.17, 15) is 0 Å². The normalized spacial score (nSPS) is 105. The summed E-state index contributed by atoms with van der Waals surface area (Å²) in [6.07, 6.45) is 3.28. The highest BCUT2D eigenvalue weighted by molar-refractivity contribution is 6.21. The van der Waals surface area contributed by atoms with Gasteiger partial charge in [-0.3, -0.25) is 0 Å². The second-order valence-electron chi connectivity index (χ2n) is 16.7. The van der Waals surface area contributed by atoms with Crippen LogP contribution in [-0.4, -0.2) is 7.85 Å². The summed E-state index contributed by atoms with van der Waals surface area (Å²) in [5.41, 5.74) is 7.76. The van der Waals surface area contributed by atoms with E-state index < -0.39 is 0 Å². The van der Waals surface area contributed by atoms with E-state index in [0.717, 1.165) is 56.2 Å². The van der Waals surface area contributed by atoms with Gasteiger partial charge in [0.1, 0.15) is 7.85 Å².